The monoisotopic (exact) mass is 501 g/mol. The number of fused-ring (bicyclic) bond motifs is 1. The molecule has 0 aliphatic rings. The molecule has 36 heavy (non-hydrogen) atoms. The van der Waals surface area contributed by atoms with Crippen molar-refractivity contribution in [1.82, 2.24) is 10.3 Å². The predicted molar refractivity (Wildman–Crippen MR) is 144 cm³/mol. The Balaban J connectivity index is 1.64. The molecule has 0 aliphatic heterocycles. The Labute approximate surface area is 213 Å². The Bertz CT molecular complexity index is 1470. The standard InChI is InChI=1S/C27H27N5O3S/c1-4-15-5-8-17(9-6-15)21-18(14-28)25(30)32-27-22(21)23(29)24(36-27)26(33)31-12-11-16-7-10-19(34-2)20(13-16)35-3/h5-10,13H,4,11-12,29H2,1-3H3,(H2,30,32)(H,31,33). The lowest BCUT2D eigenvalue weighted by Gasteiger charge is -2.11. The summed E-state index contributed by atoms with van der Waals surface area (Å²) < 4.78 is 10.6. The summed E-state index contributed by atoms with van der Waals surface area (Å²) >= 11 is 1.17. The number of aryl methyl sites for hydroxylation is 1. The molecule has 0 saturated heterocycles. The molecule has 4 aromatic rings. The molecule has 184 valence electrons. The van der Waals surface area contributed by atoms with Crippen LogP contribution in [0.25, 0.3) is 21.3 Å². The summed E-state index contributed by atoms with van der Waals surface area (Å²) in [6.07, 6.45) is 1.49. The van der Waals surface area contributed by atoms with Crippen molar-refractivity contribution < 1.29 is 14.3 Å². The Kier molecular flexibility index (Phi) is 7.27. The second-order valence-corrected chi connectivity index (χ2v) is 9.13. The lowest BCUT2D eigenvalue weighted by Crippen LogP contribution is -2.25. The van der Waals surface area contributed by atoms with Gasteiger partial charge in [0.1, 0.15) is 27.2 Å². The Morgan fingerprint density at radius 1 is 1.08 bits per heavy atom. The highest BCUT2D eigenvalue weighted by Crippen LogP contribution is 2.42. The fourth-order valence-electron chi connectivity index (χ4n) is 4.08. The maximum absolute atomic E-state index is 13.1. The van der Waals surface area contributed by atoms with Crippen LogP contribution < -0.4 is 26.3 Å². The van der Waals surface area contributed by atoms with E-state index in [2.05, 4.69) is 23.3 Å². The zero-order chi connectivity index (χ0) is 25.8. The van der Waals surface area contributed by atoms with E-state index in [9.17, 15) is 10.1 Å². The first-order chi connectivity index (χ1) is 17.4. The number of hydrogen-bond donors (Lipinski definition) is 3. The van der Waals surface area contributed by atoms with Gasteiger partial charge in [0, 0.05) is 17.5 Å². The fourth-order valence-corrected chi connectivity index (χ4v) is 5.11. The van der Waals surface area contributed by atoms with E-state index >= 15 is 0 Å². The summed E-state index contributed by atoms with van der Waals surface area (Å²) in [7, 11) is 3.17. The molecule has 2 aromatic heterocycles. The number of nitrogens with two attached hydrogens (primary N) is 2. The number of pyridine rings is 1. The van der Waals surface area contributed by atoms with Crippen LogP contribution in [0.2, 0.25) is 0 Å². The van der Waals surface area contributed by atoms with Crippen molar-refractivity contribution in [3.05, 3.63) is 64.0 Å². The molecule has 0 saturated carbocycles. The number of aromatic nitrogens is 1. The van der Waals surface area contributed by atoms with Crippen molar-refractivity contribution in [1.29, 1.82) is 5.26 Å². The van der Waals surface area contributed by atoms with E-state index in [1.54, 1.807) is 14.2 Å². The number of nitrogens with one attached hydrogen (secondary N) is 1. The minimum absolute atomic E-state index is 0.112. The van der Waals surface area contributed by atoms with Crippen LogP contribution in [0, 0.1) is 11.3 Å². The molecule has 0 bridgehead atoms. The van der Waals surface area contributed by atoms with Gasteiger partial charge in [-0.05, 0) is 41.7 Å². The van der Waals surface area contributed by atoms with E-state index in [1.807, 2.05) is 42.5 Å². The van der Waals surface area contributed by atoms with Crippen LogP contribution in [0.1, 0.15) is 33.3 Å². The number of rotatable bonds is 8. The molecule has 0 unspecified atom stereocenters. The van der Waals surface area contributed by atoms with Crippen molar-refractivity contribution in [2.75, 3.05) is 32.2 Å². The van der Waals surface area contributed by atoms with Gasteiger partial charge >= 0.3 is 0 Å². The summed E-state index contributed by atoms with van der Waals surface area (Å²) in [5.41, 5.74) is 16.7. The lowest BCUT2D eigenvalue weighted by molar-refractivity contribution is 0.0959. The van der Waals surface area contributed by atoms with Crippen molar-refractivity contribution in [2.24, 2.45) is 0 Å². The Morgan fingerprint density at radius 2 is 1.78 bits per heavy atom. The van der Waals surface area contributed by atoms with Crippen LogP contribution in [0.15, 0.2) is 42.5 Å². The molecule has 0 radical (unpaired) electrons. The van der Waals surface area contributed by atoms with Crippen LogP contribution in [0.3, 0.4) is 0 Å². The third-order valence-corrected chi connectivity index (χ3v) is 7.12. The number of carbonyl (C=O) groups excluding carboxylic acids is 1. The number of nitrogens with zero attached hydrogens (tertiary/aromatic N) is 2. The van der Waals surface area contributed by atoms with Crippen LogP contribution in [-0.2, 0) is 12.8 Å². The average molecular weight is 502 g/mol. The van der Waals surface area contributed by atoms with Gasteiger partial charge in [0.05, 0.1) is 19.9 Å². The summed E-state index contributed by atoms with van der Waals surface area (Å²) in [4.78, 5) is 18.3. The molecule has 0 spiro atoms. The van der Waals surface area contributed by atoms with Crippen molar-refractivity contribution in [3.8, 4) is 28.7 Å². The first-order valence-corrected chi connectivity index (χ1v) is 12.2. The van der Waals surface area contributed by atoms with E-state index in [0.717, 1.165) is 17.5 Å². The number of nitrogen functional groups attached to an aromatic ring is 2. The fraction of sp³-hybridized carbons (Fsp3) is 0.222. The third-order valence-electron chi connectivity index (χ3n) is 6.02. The number of amides is 1. The Hall–Kier alpha value is -4.29. The van der Waals surface area contributed by atoms with Crippen molar-refractivity contribution >= 4 is 39.0 Å². The number of methoxy groups -OCH3 is 2. The number of benzene rings is 2. The summed E-state index contributed by atoms with van der Waals surface area (Å²) in [6, 6.07) is 15.7. The molecule has 0 aliphatic carbocycles. The van der Waals surface area contributed by atoms with Crippen LogP contribution in [0.4, 0.5) is 11.5 Å². The first kappa shape index (κ1) is 24.8. The zero-order valence-electron chi connectivity index (χ0n) is 20.3. The van der Waals surface area contributed by atoms with Gasteiger partial charge in [-0.3, -0.25) is 4.79 Å². The SMILES string of the molecule is CCc1ccc(-c2c(C#N)c(N)nc3sc(C(=O)NCCc4ccc(OC)c(OC)c4)c(N)c23)cc1. The van der Waals surface area contributed by atoms with E-state index in [0.29, 0.717) is 45.1 Å². The maximum Gasteiger partial charge on any atom is 0.263 e. The van der Waals surface area contributed by atoms with E-state index in [1.165, 1.54) is 16.9 Å². The highest BCUT2D eigenvalue weighted by molar-refractivity contribution is 7.21. The zero-order valence-corrected chi connectivity index (χ0v) is 21.2. The summed E-state index contributed by atoms with van der Waals surface area (Å²) in [5.74, 6) is 1.08. The normalized spacial score (nSPS) is 10.7. The molecule has 4 rings (SSSR count). The number of anilines is 2. The molecule has 0 fully saturated rings. The Morgan fingerprint density at radius 3 is 2.42 bits per heavy atom. The quantitative estimate of drug-likeness (QED) is 0.322. The largest absolute Gasteiger partial charge is 0.493 e. The first-order valence-electron chi connectivity index (χ1n) is 11.4. The lowest BCUT2D eigenvalue weighted by atomic mass is 9.96. The van der Waals surface area contributed by atoms with Crippen LogP contribution in [0.5, 0.6) is 11.5 Å². The number of thiophene rings is 1. The molecule has 1 amide bonds. The minimum atomic E-state index is -0.305. The number of nitriles is 1. The maximum atomic E-state index is 13.1. The van der Waals surface area contributed by atoms with Gasteiger partial charge in [-0.15, -0.1) is 11.3 Å². The smallest absolute Gasteiger partial charge is 0.263 e. The highest BCUT2D eigenvalue weighted by Gasteiger charge is 2.24. The molecular weight excluding hydrogens is 474 g/mol. The molecular formula is C27H27N5O3S. The average Bonchev–Trinajstić information content (AvgIpc) is 3.23. The summed E-state index contributed by atoms with van der Waals surface area (Å²) in [6.45, 7) is 2.47. The van der Waals surface area contributed by atoms with E-state index in [4.69, 9.17) is 20.9 Å². The minimum Gasteiger partial charge on any atom is -0.493 e. The van der Waals surface area contributed by atoms with Gasteiger partial charge in [-0.1, -0.05) is 37.3 Å². The second kappa shape index (κ2) is 10.5. The molecule has 0 atom stereocenters. The predicted octanol–water partition coefficient (Wildman–Crippen LogP) is 4.55. The second-order valence-electron chi connectivity index (χ2n) is 8.13. The van der Waals surface area contributed by atoms with Crippen molar-refractivity contribution in [2.45, 2.75) is 19.8 Å². The van der Waals surface area contributed by atoms with Gasteiger partial charge in [-0.25, -0.2) is 4.98 Å². The number of carbonyl (C=O) groups is 1. The molecule has 2 aromatic carbocycles. The number of ether oxygens (including phenoxy) is 2. The third kappa shape index (κ3) is 4.63. The van der Waals surface area contributed by atoms with Crippen LogP contribution in [-0.4, -0.2) is 31.7 Å². The topological polar surface area (TPSA) is 136 Å². The number of hydrogen-bond acceptors (Lipinski definition) is 8. The van der Waals surface area contributed by atoms with E-state index in [-0.39, 0.29) is 23.0 Å². The van der Waals surface area contributed by atoms with Gasteiger partial charge in [-0.2, -0.15) is 5.26 Å². The van der Waals surface area contributed by atoms with E-state index < -0.39 is 0 Å². The molecule has 8 nitrogen and oxygen atoms in total. The van der Waals surface area contributed by atoms with Gasteiger partial charge in [0.15, 0.2) is 11.5 Å². The summed E-state index contributed by atoms with van der Waals surface area (Å²) in [5, 5.41) is 13.3. The van der Waals surface area contributed by atoms with Crippen molar-refractivity contribution in [3.63, 3.8) is 0 Å². The molecule has 9 heteroatoms. The molecule has 5 N–H and O–H groups in total. The van der Waals surface area contributed by atoms with Gasteiger partial charge < -0.3 is 26.3 Å². The van der Waals surface area contributed by atoms with Crippen LogP contribution >= 0.6 is 11.3 Å². The van der Waals surface area contributed by atoms with Gasteiger partial charge in [0.2, 0.25) is 0 Å². The highest BCUT2D eigenvalue weighted by atomic mass is 32.1. The van der Waals surface area contributed by atoms with Gasteiger partial charge in [0.25, 0.3) is 5.91 Å². The molecule has 2 heterocycles.